The normalized spacial score (nSPS) is 14.4. The summed E-state index contributed by atoms with van der Waals surface area (Å²) in [7, 11) is 0. The monoisotopic (exact) mass is 870 g/mol. The van der Waals surface area contributed by atoms with Crippen LogP contribution < -0.4 is 72.0 Å². The number of unbranched alkanes of at least 4 members (excludes halogenated alkanes) is 1. The van der Waals surface area contributed by atoms with E-state index >= 15 is 0 Å². The fourth-order valence-corrected chi connectivity index (χ4v) is 5.80. The van der Waals surface area contributed by atoms with Gasteiger partial charge in [0.05, 0.1) is 12.5 Å². The van der Waals surface area contributed by atoms with Crippen molar-refractivity contribution in [3.8, 4) is 0 Å². The van der Waals surface area contributed by atoms with Crippen LogP contribution in [0.15, 0.2) is 9.98 Å². The first-order valence-corrected chi connectivity index (χ1v) is 20.4. The molecule has 0 unspecified atom stereocenters. The van der Waals surface area contributed by atoms with Crippen molar-refractivity contribution in [2.45, 2.75) is 141 Å². The number of carboxylic acid groups (broad SMARTS) is 1. The Bertz CT molecular complexity index is 1520. The average Bonchev–Trinajstić information content (AvgIpc) is 3.14. The van der Waals surface area contributed by atoms with E-state index in [1.54, 1.807) is 13.8 Å². The molecule has 24 heteroatoms. The number of amides is 7. The molecule has 0 spiro atoms. The number of aliphatic imine (C=N–C) groups is 2. The predicted molar refractivity (Wildman–Crippen MR) is 228 cm³/mol. The van der Waals surface area contributed by atoms with Crippen LogP contribution in [0, 0.1) is 11.8 Å². The molecule has 7 atom stereocenters. The Hall–Kier alpha value is -5.78. The van der Waals surface area contributed by atoms with Gasteiger partial charge in [0.2, 0.25) is 41.4 Å². The Kier molecular flexibility index (Phi) is 26.7. The molecule has 0 rings (SSSR count). The van der Waals surface area contributed by atoms with Gasteiger partial charge in [-0.1, -0.05) is 27.7 Å². The summed E-state index contributed by atoms with van der Waals surface area (Å²) in [6.07, 6.45) is 1.00. The molecular formula is C37H71N15O9. The highest BCUT2D eigenvalue weighted by atomic mass is 16.4. The Balaban J connectivity index is 6.43. The van der Waals surface area contributed by atoms with Gasteiger partial charge in [0.1, 0.15) is 36.3 Å². The second kappa shape index (κ2) is 29.4. The van der Waals surface area contributed by atoms with E-state index < -0.39 is 96.0 Å². The molecule has 0 aliphatic rings. The Labute approximate surface area is 356 Å². The third kappa shape index (κ3) is 24.8. The van der Waals surface area contributed by atoms with Crippen LogP contribution in [0.5, 0.6) is 0 Å². The summed E-state index contributed by atoms with van der Waals surface area (Å²) in [5.41, 5.74) is 38.7. The van der Waals surface area contributed by atoms with E-state index in [9.17, 15) is 43.5 Å². The Morgan fingerprint density at radius 2 is 0.902 bits per heavy atom. The molecule has 0 radical (unpaired) electrons. The van der Waals surface area contributed by atoms with Crippen LogP contribution in [0.3, 0.4) is 0 Å². The minimum Gasteiger partial charge on any atom is -0.480 e. The van der Waals surface area contributed by atoms with Crippen molar-refractivity contribution < 1.29 is 43.5 Å². The molecule has 0 aliphatic carbocycles. The van der Waals surface area contributed by atoms with Crippen LogP contribution in [0.1, 0.15) is 98.8 Å². The third-order valence-corrected chi connectivity index (χ3v) is 8.91. The van der Waals surface area contributed by atoms with Crippen LogP contribution in [0.25, 0.3) is 0 Å². The number of nitrogens with one attached hydrogen (secondary N) is 6. The van der Waals surface area contributed by atoms with Gasteiger partial charge in [-0.15, -0.1) is 0 Å². The van der Waals surface area contributed by atoms with Crippen LogP contribution in [-0.4, -0.2) is 126 Å². The standard InChI is InChI=1S/C37H71N15O9/c1-19(2)16-22(39)30(55)51-26(18-28(40)53)34(59)50-25(12-9-15-46-37(43)44)32(57)49-24(11-8-14-45-36(41)42)31(56)47-21(5)29(54)48-23(10-6-7-13-38)33(58)52-27(35(60)61)17-20(3)4/h19-27H,6-18,38-39H2,1-5H3,(H2,40,53)(H,47,56)(H,48,54)(H,49,57)(H,50,59)(H,51,55)(H,52,58)(H,60,61)(H4,41,42,45)(H4,43,44,46)/t21-,22-,23-,24-,25-,26-,27-/m0/s1. The summed E-state index contributed by atoms with van der Waals surface area (Å²) in [6.45, 7) is 9.03. The van der Waals surface area contributed by atoms with E-state index in [1.165, 1.54) is 6.92 Å². The zero-order chi connectivity index (χ0) is 46.8. The molecule has 0 saturated heterocycles. The molecule has 0 bridgehead atoms. The molecule has 0 heterocycles. The number of guanidine groups is 2. The quantitative estimate of drug-likeness (QED) is 0.0178. The highest BCUT2D eigenvalue weighted by molar-refractivity contribution is 5.98. The topological polar surface area (TPSA) is 436 Å². The van der Waals surface area contributed by atoms with E-state index in [4.69, 9.17) is 40.1 Å². The zero-order valence-electron chi connectivity index (χ0n) is 36.0. The van der Waals surface area contributed by atoms with Crippen molar-refractivity contribution in [1.82, 2.24) is 31.9 Å². The molecular weight excluding hydrogens is 799 g/mol. The van der Waals surface area contributed by atoms with Gasteiger partial charge < -0.3 is 77.1 Å². The smallest absolute Gasteiger partial charge is 0.326 e. The first-order valence-electron chi connectivity index (χ1n) is 20.4. The minimum atomic E-state index is -1.51. The maximum atomic E-state index is 13.9. The van der Waals surface area contributed by atoms with E-state index in [-0.39, 0.29) is 81.8 Å². The largest absolute Gasteiger partial charge is 0.480 e. The van der Waals surface area contributed by atoms with E-state index in [2.05, 4.69) is 41.9 Å². The van der Waals surface area contributed by atoms with E-state index in [0.717, 1.165) is 0 Å². The van der Waals surface area contributed by atoms with Gasteiger partial charge in [-0.05, 0) is 83.1 Å². The number of primary amides is 1. The number of hydrogen-bond donors (Lipinski definition) is 14. The maximum absolute atomic E-state index is 13.9. The number of carbonyl (C=O) groups is 8. The van der Waals surface area contributed by atoms with Crippen molar-refractivity contribution in [1.29, 1.82) is 0 Å². The number of nitrogens with zero attached hydrogens (tertiary/aromatic N) is 2. The van der Waals surface area contributed by atoms with Gasteiger partial charge in [-0.25, -0.2) is 4.79 Å². The zero-order valence-corrected chi connectivity index (χ0v) is 36.0. The van der Waals surface area contributed by atoms with Crippen LogP contribution in [0.2, 0.25) is 0 Å². The van der Waals surface area contributed by atoms with Crippen molar-refractivity contribution in [2.75, 3.05) is 19.6 Å². The lowest BCUT2D eigenvalue weighted by Crippen LogP contribution is -2.59. The third-order valence-electron chi connectivity index (χ3n) is 8.91. The summed E-state index contributed by atoms with van der Waals surface area (Å²) in [6, 6.07) is -8.91. The first-order chi connectivity index (χ1) is 28.5. The fourth-order valence-electron chi connectivity index (χ4n) is 5.80. The Morgan fingerprint density at radius 3 is 1.31 bits per heavy atom. The van der Waals surface area contributed by atoms with Crippen LogP contribution in [-0.2, 0) is 38.4 Å². The second-order valence-corrected chi connectivity index (χ2v) is 15.6. The molecule has 0 aromatic heterocycles. The lowest BCUT2D eigenvalue weighted by Gasteiger charge is -2.27. The molecule has 24 nitrogen and oxygen atoms in total. The van der Waals surface area contributed by atoms with Crippen molar-refractivity contribution in [3.63, 3.8) is 0 Å². The van der Waals surface area contributed by atoms with Gasteiger partial charge >= 0.3 is 5.97 Å². The highest BCUT2D eigenvalue weighted by Crippen LogP contribution is 2.10. The van der Waals surface area contributed by atoms with Crippen molar-refractivity contribution in [2.24, 2.45) is 62.0 Å². The average molecular weight is 870 g/mol. The predicted octanol–water partition coefficient (Wildman–Crippen LogP) is -4.47. The molecule has 348 valence electrons. The van der Waals surface area contributed by atoms with Crippen LogP contribution in [0.4, 0.5) is 0 Å². The molecule has 7 amide bonds. The van der Waals surface area contributed by atoms with E-state index in [1.807, 2.05) is 13.8 Å². The molecule has 0 saturated carbocycles. The number of carboxylic acids is 1. The number of nitrogens with two attached hydrogens (primary N) is 7. The summed E-state index contributed by atoms with van der Waals surface area (Å²) < 4.78 is 0. The summed E-state index contributed by atoms with van der Waals surface area (Å²) in [5, 5.41) is 24.7. The lowest BCUT2D eigenvalue weighted by atomic mass is 10.0. The number of rotatable bonds is 31. The Morgan fingerprint density at radius 1 is 0.508 bits per heavy atom. The number of hydrogen-bond acceptors (Lipinski definition) is 12. The summed E-state index contributed by atoms with van der Waals surface area (Å²) in [5.74, 6) is -7.53. The molecule has 0 aromatic carbocycles. The minimum absolute atomic E-state index is 0.0345. The lowest BCUT2D eigenvalue weighted by molar-refractivity contribution is -0.143. The number of aliphatic carboxylic acids is 1. The molecule has 0 fully saturated rings. The van der Waals surface area contributed by atoms with Crippen molar-refractivity contribution >= 4 is 59.2 Å². The number of carbonyl (C=O) groups excluding carboxylic acids is 7. The molecule has 0 aliphatic heterocycles. The summed E-state index contributed by atoms with van der Waals surface area (Å²) in [4.78, 5) is 112. The van der Waals surface area contributed by atoms with Crippen LogP contribution >= 0.6 is 0 Å². The second-order valence-electron chi connectivity index (χ2n) is 15.6. The van der Waals surface area contributed by atoms with Gasteiger partial charge in [0.15, 0.2) is 11.9 Å². The fraction of sp³-hybridized carbons (Fsp3) is 0.730. The molecule has 0 aromatic rings. The van der Waals surface area contributed by atoms with Gasteiger partial charge in [0, 0.05) is 13.1 Å². The first kappa shape index (κ1) is 55.2. The highest BCUT2D eigenvalue weighted by Gasteiger charge is 2.33. The SMILES string of the molecule is CC(C)C[C@H](NC(=O)[C@H](CCCCN)NC(=O)[C@H](C)NC(=O)[C@H](CCCN=C(N)N)NC(=O)[C@H](CCCN=C(N)N)NC(=O)[C@H](CC(N)=O)NC(=O)[C@@H](N)CC(C)C)C(=O)O. The maximum Gasteiger partial charge on any atom is 0.326 e. The van der Waals surface area contributed by atoms with Gasteiger partial charge in [0.25, 0.3) is 0 Å². The van der Waals surface area contributed by atoms with E-state index in [0.29, 0.717) is 19.4 Å². The van der Waals surface area contributed by atoms with Gasteiger partial charge in [-0.3, -0.25) is 43.5 Å². The molecule has 21 N–H and O–H groups in total. The van der Waals surface area contributed by atoms with Crippen molar-refractivity contribution in [3.05, 3.63) is 0 Å². The van der Waals surface area contributed by atoms with Gasteiger partial charge in [-0.2, -0.15) is 0 Å². The summed E-state index contributed by atoms with van der Waals surface area (Å²) >= 11 is 0. The molecule has 61 heavy (non-hydrogen) atoms.